The third kappa shape index (κ3) is 3.23. The number of carbonyl (C=O) groups excluding carboxylic acids is 1. The zero-order valence-corrected chi connectivity index (χ0v) is 13.0. The van der Waals surface area contributed by atoms with Crippen LogP contribution >= 0.6 is 22.6 Å². The average molecular weight is 358 g/mol. The number of benzene rings is 1. The molecule has 1 aromatic carbocycles. The number of rotatable bonds is 2. The largest absolute Gasteiger partial charge is 0.348 e. The van der Waals surface area contributed by atoms with E-state index in [0.29, 0.717) is 5.92 Å². The molecule has 2 rings (SSSR count). The number of halogens is 1. The van der Waals surface area contributed by atoms with Gasteiger partial charge >= 0.3 is 0 Å². The fourth-order valence-electron chi connectivity index (χ4n) is 2.24. The van der Waals surface area contributed by atoms with E-state index >= 15 is 0 Å². The fraction of sp³-hybridized carbons (Fsp3) is 0.500. The maximum absolute atomic E-state index is 12.3. The second-order valence-electron chi connectivity index (χ2n) is 5.03. The molecule has 1 aliphatic rings. The van der Waals surface area contributed by atoms with E-state index in [1.165, 1.54) is 0 Å². The second-order valence-corrected chi connectivity index (χ2v) is 6.20. The highest BCUT2D eigenvalue weighted by atomic mass is 127. The minimum atomic E-state index is 0.0450. The number of hydrogen-bond acceptors (Lipinski definition) is 2. The molecule has 98 valence electrons. The Labute approximate surface area is 122 Å². The van der Waals surface area contributed by atoms with Gasteiger partial charge in [-0.25, -0.2) is 0 Å². The van der Waals surface area contributed by atoms with E-state index in [1.54, 1.807) is 0 Å². The van der Waals surface area contributed by atoms with Crippen LogP contribution in [0.1, 0.15) is 29.3 Å². The van der Waals surface area contributed by atoms with Crippen molar-refractivity contribution in [2.24, 2.45) is 5.92 Å². The molecule has 1 fully saturated rings. The van der Waals surface area contributed by atoms with Crippen LogP contribution in [-0.2, 0) is 0 Å². The lowest BCUT2D eigenvalue weighted by Gasteiger charge is -2.30. The van der Waals surface area contributed by atoms with Crippen LogP contribution in [0.25, 0.3) is 0 Å². The Morgan fingerprint density at radius 3 is 3.00 bits per heavy atom. The third-order valence-corrected chi connectivity index (χ3v) is 4.45. The van der Waals surface area contributed by atoms with Crippen molar-refractivity contribution in [2.45, 2.75) is 26.3 Å². The number of aryl methyl sites for hydroxylation is 1. The molecule has 2 atom stereocenters. The molecule has 0 aromatic heterocycles. The van der Waals surface area contributed by atoms with E-state index in [1.807, 2.05) is 25.1 Å². The zero-order valence-electron chi connectivity index (χ0n) is 10.8. The average Bonchev–Trinajstić information content (AvgIpc) is 2.35. The first-order chi connectivity index (χ1) is 8.58. The number of hydrogen-bond donors (Lipinski definition) is 2. The topological polar surface area (TPSA) is 41.1 Å². The molecular formula is C14H19IN2O. The Morgan fingerprint density at radius 2 is 2.28 bits per heavy atom. The van der Waals surface area contributed by atoms with Gasteiger partial charge < -0.3 is 10.6 Å². The summed E-state index contributed by atoms with van der Waals surface area (Å²) in [5.41, 5.74) is 1.91. The van der Waals surface area contributed by atoms with Crippen LogP contribution in [0.4, 0.5) is 0 Å². The van der Waals surface area contributed by atoms with Gasteiger partial charge in [0.2, 0.25) is 0 Å². The lowest BCUT2D eigenvalue weighted by atomic mass is 9.94. The number of amides is 1. The van der Waals surface area contributed by atoms with Crippen molar-refractivity contribution in [3.8, 4) is 0 Å². The molecule has 0 saturated carbocycles. The van der Waals surface area contributed by atoms with E-state index in [0.717, 1.165) is 34.2 Å². The van der Waals surface area contributed by atoms with E-state index in [-0.39, 0.29) is 11.9 Å². The highest BCUT2D eigenvalue weighted by molar-refractivity contribution is 14.1. The smallest absolute Gasteiger partial charge is 0.252 e. The third-order valence-electron chi connectivity index (χ3n) is 3.51. The van der Waals surface area contributed by atoms with E-state index in [9.17, 15) is 4.79 Å². The van der Waals surface area contributed by atoms with Gasteiger partial charge in [-0.1, -0.05) is 18.6 Å². The first-order valence-electron chi connectivity index (χ1n) is 6.35. The fourth-order valence-corrected chi connectivity index (χ4v) is 2.82. The van der Waals surface area contributed by atoms with Gasteiger partial charge in [-0.05, 0) is 60.5 Å². The Hall–Kier alpha value is -0.620. The van der Waals surface area contributed by atoms with Crippen molar-refractivity contribution in [3.63, 3.8) is 0 Å². The van der Waals surface area contributed by atoms with Crippen molar-refractivity contribution in [3.05, 3.63) is 32.9 Å². The molecule has 1 aromatic rings. The van der Waals surface area contributed by atoms with Gasteiger partial charge in [0.25, 0.3) is 5.91 Å². The van der Waals surface area contributed by atoms with E-state index in [4.69, 9.17) is 0 Å². The molecule has 1 amide bonds. The summed E-state index contributed by atoms with van der Waals surface area (Å²) in [6.45, 7) is 6.13. The number of piperidine rings is 1. The van der Waals surface area contributed by atoms with Gasteiger partial charge in [0, 0.05) is 16.2 Å². The van der Waals surface area contributed by atoms with Gasteiger partial charge in [-0.3, -0.25) is 4.79 Å². The van der Waals surface area contributed by atoms with E-state index in [2.05, 4.69) is 40.1 Å². The van der Waals surface area contributed by atoms with Crippen LogP contribution in [0.3, 0.4) is 0 Å². The summed E-state index contributed by atoms with van der Waals surface area (Å²) in [6, 6.07) is 6.22. The number of nitrogens with one attached hydrogen (secondary N) is 2. The molecule has 0 aliphatic carbocycles. The van der Waals surface area contributed by atoms with Gasteiger partial charge in [0.15, 0.2) is 0 Å². The molecule has 0 radical (unpaired) electrons. The Morgan fingerprint density at radius 1 is 1.50 bits per heavy atom. The molecule has 1 saturated heterocycles. The molecule has 1 aliphatic heterocycles. The molecule has 2 N–H and O–H groups in total. The van der Waals surface area contributed by atoms with Crippen molar-refractivity contribution < 1.29 is 4.79 Å². The van der Waals surface area contributed by atoms with Gasteiger partial charge in [0.05, 0.1) is 5.56 Å². The van der Waals surface area contributed by atoms with Crippen molar-refractivity contribution in [1.82, 2.24) is 10.6 Å². The minimum Gasteiger partial charge on any atom is -0.348 e. The Bertz CT molecular complexity index is 447. The molecule has 2 unspecified atom stereocenters. The molecule has 0 bridgehead atoms. The standard InChI is InChI=1S/C14H19IN2O/c1-9-3-4-12(15)11(7-9)14(18)17-13-8-16-6-5-10(13)2/h3-4,7,10,13,16H,5-6,8H2,1-2H3,(H,17,18). The molecule has 0 spiro atoms. The van der Waals surface area contributed by atoms with Crippen LogP contribution in [0.2, 0.25) is 0 Å². The predicted molar refractivity (Wildman–Crippen MR) is 81.8 cm³/mol. The summed E-state index contributed by atoms with van der Waals surface area (Å²) in [4.78, 5) is 12.3. The number of carbonyl (C=O) groups is 1. The normalized spacial score (nSPS) is 23.7. The van der Waals surface area contributed by atoms with E-state index < -0.39 is 0 Å². The molecule has 18 heavy (non-hydrogen) atoms. The van der Waals surface area contributed by atoms with Crippen LogP contribution in [0.5, 0.6) is 0 Å². The van der Waals surface area contributed by atoms with Crippen LogP contribution < -0.4 is 10.6 Å². The summed E-state index contributed by atoms with van der Waals surface area (Å²) >= 11 is 2.22. The Balaban J connectivity index is 2.09. The molecule has 1 heterocycles. The lowest BCUT2D eigenvalue weighted by molar-refractivity contribution is 0.0914. The van der Waals surface area contributed by atoms with Crippen LogP contribution in [-0.4, -0.2) is 25.0 Å². The van der Waals surface area contributed by atoms with Gasteiger partial charge in [-0.2, -0.15) is 0 Å². The van der Waals surface area contributed by atoms with Gasteiger partial charge in [0.1, 0.15) is 0 Å². The Kier molecular flexibility index (Phi) is 4.61. The summed E-state index contributed by atoms with van der Waals surface area (Å²) in [5.74, 6) is 0.585. The summed E-state index contributed by atoms with van der Waals surface area (Å²) in [7, 11) is 0. The monoisotopic (exact) mass is 358 g/mol. The van der Waals surface area contributed by atoms with Crippen molar-refractivity contribution in [1.29, 1.82) is 0 Å². The van der Waals surface area contributed by atoms with Crippen molar-refractivity contribution >= 4 is 28.5 Å². The maximum Gasteiger partial charge on any atom is 0.252 e. The highest BCUT2D eigenvalue weighted by Crippen LogP contribution is 2.16. The zero-order chi connectivity index (χ0) is 13.1. The SMILES string of the molecule is Cc1ccc(I)c(C(=O)NC2CNCCC2C)c1. The van der Waals surface area contributed by atoms with Crippen LogP contribution in [0, 0.1) is 16.4 Å². The second kappa shape index (κ2) is 6.02. The first-order valence-corrected chi connectivity index (χ1v) is 7.43. The molecule has 4 heteroatoms. The van der Waals surface area contributed by atoms with Crippen molar-refractivity contribution in [2.75, 3.05) is 13.1 Å². The first kappa shape index (κ1) is 13.8. The molecule has 3 nitrogen and oxygen atoms in total. The summed E-state index contributed by atoms with van der Waals surface area (Å²) in [5, 5.41) is 6.48. The quantitative estimate of drug-likeness (QED) is 0.797. The minimum absolute atomic E-state index is 0.0450. The van der Waals surface area contributed by atoms with Crippen LogP contribution in [0.15, 0.2) is 18.2 Å². The summed E-state index contributed by atoms with van der Waals surface area (Å²) < 4.78 is 1.01. The lowest BCUT2D eigenvalue weighted by Crippen LogP contribution is -2.50. The summed E-state index contributed by atoms with van der Waals surface area (Å²) in [6.07, 6.45) is 1.12. The maximum atomic E-state index is 12.3. The highest BCUT2D eigenvalue weighted by Gasteiger charge is 2.23. The predicted octanol–water partition coefficient (Wildman–Crippen LogP) is 2.33. The molecular weight excluding hydrogens is 339 g/mol. The van der Waals surface area contributed by atoms with Gasteiger partial charge in [-0.15, -0.1) is 0 Å².